The second kappa shape index (κ2) is 15.8. The van der Waals surface area contributed by atoms with Crippen molar-refractivity contribution in [1.29, 1.82) is 0 Å². The molecule has 0 radical (unpaired) electrons. The molecule has 0 aliphatic heterocycles. The Morgan fingerprint density at radius 2 is 0.816 bits per heavy atom. The van der Waals surface area contributed by atoms with Crippen LogP contribution in [0.1, 0.15) is 22.3 Å². The summed E-state index contributed by atoms with van der Waals surface area (Å²) in [5.74, 6) is 0. The minimum absolute atomic E-state index is 0.109. The molecule has 38 heavy (non-hydrogen) atoms. The molecule has 4 rings (SSSR count). The monoisotopic (exact) mass is 512 g/mol. The van der Waals surface area contributed by atoms with Gasteiger partial charge in [0.1, 0.15) is 18.3 Å². The second-order valence-electron chi connectivity index (χ2n) is 9.17. The number of ether oxygens (including phenoxy) is 4. The molecule has 198 valence electrons. The van der Waals surface area contributed by atoms with E-state index in [4.69, 9.17) is 18.9 Å². The lowest BCUT2D eigenvalue weighted by molar-refractivity contribution is -0.164. The summed E-state index contributed by atoms with van der Waals surface area (Å²) < 4.78 is 24.6. The number of hydrogen-bond donors (Lipinski definition) is 1. The maximum absolute atomic E-state index is 11.3. The molecule has 0 heterocycles. The number of hydrogen-bond acceptors (Lipinski definition) is 5. The summed E-state index contributed by atoms with van der Waals surface area (Å²) in [5, 5.41) is 11.3. The van der Waals surface area contributed by atoms with E-state index in [0.29, 0.717) is 26.4 Å². The molecule has 0 saturated carbocycles. The molecule has 0 spiro atoms. The standard InChI is InChI=1S/C33H36O5/c34-31(25-35-21-27-13-5-1-6-14-27)33(38-24-30-19-11-4-12-20-30)32(37-23-29-17-9-3-10-18-29)26-36-22-28-15-7-2-8-16-28/h1-20,31-34H,21-26H2/t31-,32+,33-/m1/s1. The van der Waals surface area contributed by atoms with Crippen LogP contribution in [0.25, 0.3) is 0 Å². The van der Waals surface area contributed by atoms with E-state index in [9.17, 15) is 5.11 Å². The molecular weight excluding hydrogens is 476 g/mol. The molecule has 0 aliphatic rings. The molecule has 5 nitrogen and oxygen atoms in total. The summed E-state index contributed by atoms with van der Waals surface area (Å²) in [6.07, 6.45) is -2.09. The molecule has 1 N–H and O–H groups in total. The molecule has 0 unspecified atom stereocenters. The molecule has 4 aromatic rings. The van der Waals surface area contributed by atoms with Crippen LogP contribution in [0.5, 0.6) is 0 Å². The predicted molar refractivity (Wildman–Crippen MR) is 148 cm³/mol. The minimum Gasteiger partial charge on any atom is -0.388 e. The Morgan fingerprint density at radius 1 is 0.447 bits per heavy atom. The van der Waals surface area contributed by atoms with Gasteiger partial charge in [0.15, 0.2) is 0 Å². The van der Waals surface area contributed by atoms with Gasteiger partial charge in [-0.25, -0.2) is 0 Å². The molecule has 0 amide bonds. The number of aliphatic hydroxyl groups excluding tert-OH is 1. The lowest BCUT2D eigenvalue weighted by Gasteiger charge is -2.31. The van der Waals surface area contributed by atoms with E-state index in [1.165, 1.54) is 0 Å². The zero-order chi connectivity index (χ0) is 26.3. The normalized spacial score (nSPS) is 13.6. The van der Waals surface area contributed by atoms with Crippen LogP contribution in [-0.4, -0.2) is 36.6 Å². The van der Waals surface area contributed by atoms with Crippen LogP contribution in [0.3, 0.4) is 0 Å². The molecular formula is C33H36O5. The highest BCUT2D eigenvalue weighted by Gasteiger charge is 2.31. The van der Waals surface area contributed by atoms with Crippen LogP contribution < -0.4 is 0 Å². The van der Waals surface area contributed by atoms with Crippen molar-refractivity contribution in [2.45, 2.75) is 44.7 Å². The van der Waals surface area contributed by atoms with E-state index in [1.54, 1.807) is 0 Å². The van der Waals surface area contributed by atoms with Crippen LogP contribution in [-0.2, 0) is 45.4 Å². The van der Waals surface area contributed by atoms with Gasteiger partial charge in [-0.15, -0.1) is 0 Å². The van der Waals surface area contributed by atoms with Crippen molar-refractivity contribution in [3.05, 3.63) is 144 Å². The predicted octanol–water partition coefficient (Wildman–Crippen LogP) is 5.95. The van der Waals surface area contributed by atoms with Gasteiger partial charge < -0.3 is 24.1 Å². The van der Waals surface area contributed by atoms with E-state index in [-0.39, 0.29) is 13.2 Å². The minimum atomic E-state index is -0.913. The lowest BCUT2D eigenvalue weighted by atomic mass is 10.1. The first-order chi connectivity index (χ1) is 18.8. The van der Waals surface area contributed by atoms with Crippen LogP contribution in [0.15, 0.2) is 121 Å². The SMILES string of the molecule is O[C@H](COCc1ccccc1)[C@@H](OCc1ccccc1)[C@H](COCc1ccccc1)OCc1ccccc1. The Balaban J connectivity index is 1.45. The number of rotatable bonds is 16. The van der Waals surface area contributed by atoms with Gasteiger partial charge in [-0.2, -0.15) is 0 Å². The van der Waals surface area contributed by atoms with Crippen molar-refractivity contribution in [2.24, 2.45) is 0 Å². The highest BCUT2D eigenvalue weighted by atomic mass is 16.6. The Morgan fingerprint density at radius 3 is 1.26 bits per heavy atom. The number of aliphatic hydroxyl groups is 1. The lowest BCUT2D eigenvalue weighted by Crippen LogP contribution is -2.45. The van der Waals surface area contributed by atoms with E-state index in [1.807, 2.05) is 121 Å². The number of benzene rings is 4. The Labute approximate surface area is 225 Å². The van der Waals surface area contributed by atoms with Crippen molar-refractivity contribution in [3.63, 3.8) is 0 Å². The Bertz CT molecular complexity index is 1140. The fourth-order valence-electron chi connectivity index (χ4n) is 4.08. The summed E-state index contributed by atoms with van der Waals surface area (Å²) in [7, 11) is 0. The van der Waals surface area contributed by atoms with Gasteiger partial charge in [-0.3, -0.25) is 0 Å². The zero-order valence-corrected chi connectivity index (χ0v) is 21.6. The summed E-state index contributed by atoms with van der Waals surface area (Å²) in [4.78, 5) is 0. The Hall–Kier alpha value is -3.32. The molecule has 5 heteroatoms. The highest BCUT2D eigenvalue weighted by molar-refractivity contribution is 5.16. The fourth-order valence-corrected chi connectivity index (χ4v) is 4.08. The van der Waals surface area contributed by atoms with Gasteiger partial charge in [0.2, 0.25) is 0 Å². The van der Waals surface area contributed by atoms with Gasteiger partial charge in [-0.1, -0.05) is 121 Å². The largest absolute Gasteiger partial charge is 0.388 e. The van der Waals surface area contributed by atoms with Crippen molar-refractivity contribution in [1.82, 2.24) is 0 Å². The average Bonchev–Trinajstić information content (AvgIpc) is 2.98. The third-order valence-corrected chi connectivity index (χ3v) is 6.13. The van der Waals surface area contributed by atoms with Crippen LogP contribution in [0, 0.1) is 0 Å². The first kappa shape index (κ1) is 27.7. The van der Waals surface area contributed by atoms with Crippen LogP contribution in [0.2, 0.25) is 0 Å². The smallest absolute Gasteiger partial charge is 0.114 e. The first-order valence-electron chi connectivity index (χ1n) is 13.0. The van der Waals surface area contributed by atoms with E-state index < -0.39 is 18.3 Å². The van der Waals surface area contributed by atoms with E-state index >= 15 is 0 Å². The highest BCUT2D eigenvalue weighted by Crippen LogP contribution is 2.17. The zero-order valence-electron chi connectivity index (χ0n) is 21.6. The summed E-state index contributed by atoms with van der Waals surface area (Å²) >= 11 is 0. The van der Waals surface area contributed by atoms with Gasteiger partial charge in [0.05, 0.1) is 39.6 Å². The maximum atomic E-state index is 11.3. The second-order valence-corrected chi connectivity index (χ2v) is 9.17. The maximum Gasteiger partial charge on any atom is 0.114 e. The average molecular weight is 513 g/mol. The fraction of sp³-hybridized carbons (Fsp3) is 0.273. The van der Waals surface area contributed by atoms with Crippen LogP contribution in [0.4, 0.5) is 0 Å². The first-order valence-corrected chi connectivity index (χ1v) is 13.0. The third-order valence-electron chi connectivity index (χ3n) is 6.13. The van der Waals surface area contributed by atoms with E-state index in [2.05, 4.69) is 0 Å². The van der Waals surface area contributed by atoms with Crippen LogP contribution >= 0.6 is 0 Å². The molecule has 0 aliphatic carbocycles. The van der Waals surface area contributed by atoms with Crippen molar-refractivity contribution >= 4 is 0 Å². The molecule has 0 saturated heterocycles. The molecule has 3 atom stereocenters. The quantitative estimate of drug-likeness (QED) is 0.201. The molecule has 0 bridgehead atoms. The topological polar surface area (TPSA) is 57.2 Å². The van der Waals surface area contributed by atoms with Crippen molar-refractivity contribution < 1.29 is 24.1 Å². The van der Waals surface area contributed by atoms with Crippen molar-refractivity contribution in [2.75, 3.05) is 13.2 Å². The Kier molecular flexibility index (Phi) is 11.5. The van der Waals surface area contributed by atoms with E-state index in [0.717, 1.165) is 22.3 Å². The third kappa shape index (κ3) is 9.53. The molecule has 0 aromatic heterocycles. The van der Waals surface area contributed by atoms with Gasteiger partial charge in [0, 0.05) is 0 Å². The van der Waals surface area contributed by atoms with Gasteiger partial charge in [-0.05, 0) is 22.3 Å². The van der Waals surface area contributed by atoms with Gasteiger partial charge >= 0.3 is 0 Å². The molecule has 4 aromatic carbocycles. The summed E-state index contributed by atoms with van der Waals surface area (Å²) in [6.45, 7) is 1.94. The summed E-state index contributed by atoms with van der Waals surface area (Å²) in [5.41, 5.74) is 4.17. The molecule has 0 fully saturated rings. The van der Waals surface area contributed by atoms with Gasteiger partial charge in [0.25, 0.3) is 0 Å². The summed E-state index contributed by atoms with van der Waals surface area (Å²) in [6, 6.07) is 39.8. The van der Waals surface area contributed by atoms with Crippen molar-refractivity contribution in [3.8, 4) is 0 Å².